The molecule has 0 aliphatic heterocycles. The van der Waals surface area contributed by atoms with Crippen molar-refractivity contribution in [2.45, 2.75) is 20.4 Å². The summed E-state index contributed by atoms with van der Waals surface area (Å²) in [6.07, 6.45) is 1.39. The predicted molar refractivity (Wildman–Crippen MR) is 133 cm³/mol. The number of aryl methyl sites for hydroxylation is 1. The fourth-order valence-electron chi connectivity index (χ4n) is 3.51. The lowest BCUT2D eigenvalue weighted by atomic mass is 10.0. The van der Waals surface area contributed by atoms with Crippen LogP contribution in [0.3, 0.4) is 0 Å². The van der Waals surface area contributed by atoms with Gasteiger partial charge in [0.25, 0.3) is 5.56 Å². The average molecular weight is 526 g/mol. The van der Waals surface area contributed by atoms with Crippen LogP contribution in [0.15, 0.2) is 64.1 Å². The maximum Gasteiger partial charge on any atom is 0.338 e. The van der Waals surface area contributed by atoms with Crippen molar-refractivity contribution >= 4 is 55.0 Å². The van der Waals surface area contributed by atoms with Crippen molar-refractivity contribution in [2.24, 2.45) is 0 Å². The van der Waals surface area contributed by atoms with Gasteiger partial charge in [0.05, 0.1) is 23.9 Å². The predicted octanol–water partition coefficient (Wildman–Crippen LogP) is 5.01. The number of hydrogen-bond acceptors (Lipinski definition) is 6. The first kappa shape index (κ1) is 22.9. The molecule has 0 bridgehead atoms. The van der Waals surface area contributed by atoms with Crippen molar-refractivity contribution in [1.29, 1.82) is 0 Å². The first-order chi connectivity index (χ1) is 15.9. The molecule has 0 aliphatic carbocycles. The van der Waals surface area contributed by atoms with Crippen molar-refractivity contribution < 1.29 is 14.3 Å². The minimum Gasteiger partial charge on any atom is -0.462 e. The lowest BCUT2D eigenvalue weighted by Crippen LogP contribution is -2.27. The van der Waals surface area contributed by atoms with Crippen LogP contribution in [-0.4, -0.2) is 28.0 Å². The molecule has 2 heterocycles. The third kappa shape index (κ3) is 4.89. The molecule has 1 amide bonds. The molecule has 0 radical (unpaired) electrons. The molecule has 4 aromatic rings. The highest BCUT2D eigenvalue weighted by atomic mass is 79.9. The molecule has 2 aromatic carbocycles. The Labute approximate surface area is 202 Å². The van der Waals surface area contributed by atoms with E-state index in [0.29, 0.717) is 21.5 Å². The van der Waals surface area contributed by atoms with Gasteiger partial charge in [-0.1, -0.05) is 34.1 Å². The number of thiophene rings is 1. The Kier molecular flexibility index (Phi) is 6.71. The fourth-order valence-corrected chi connectivity index (χ4v) is 4.78. The second kappa shape index (κ2) is 9.68. The van der Waals surface area contributed by atoms with Gasteiger partial charge < -0.3 is 10.1 Å². The molecule has 0 saturated heterocycles. The number of anilines is 1. The molecule has 0 spiro atoms. The largest absolute Gasteiger partial charge is 0.462 e. The Hall–Kier alpha value is -3.30. The first-order valence-electron chi connectivity index (χ1n) is 10.2. The number of ether oxygens (including phenoxy) is 1. The molecule has 0 saturated carbocycles. The fraction of sp³-hybridized carbons (Fsp3) is 0.167. The Morgan fingerprint density at radius 2 is 1.94 bits per heavy atom. The number of benzene rings is 2. The Morgan fingerprint density at radius 1 is 1.18 bits per heavy atom. The molecule has 7 nitrogen and oxygen atoms in total. The van der Waals surface area contributed by atoms with Crippen molar-refractivity contribution in [1.82, 2.24) is 9.55 Å². The van der Waals surface area contributed by atoms with Gasteiger partial charge in [-0.05, 0) is 49.7 Å². The van der Waals surface area contributed by atoms with E-state index < -0.39 is 11.9 Å². The maximum absolute atomic E-state index is 13.3. The molecule has 9 heteroatoms. The zero-order valence-electron chi connectivity index (χ0n) is 17.9. The normalized spacial score (nSPS) is 10.9. The van der Waals surface area contributed by atoms with Crippen LogP contribution in [0.1, 0.15) is 22.2 Å². The number of halogens is 1. The van der Waals surface area contributed by atoms with Crippen molar-refractivity contribution in [2.75, 3.05) is 11.9 Å². The maximum atomic E-state index is 13.3. The number of carbonyl (C=O) groups is 2. The molecule has 0 fully saturated rings. The molecule has 168 valence electrons. The van der Waals surface area contributed by atoms with E-state index in [2.05, 4.69) is 26.2 Å². The monoisotopic (exact) mass is 525 g/mol. The van der Waals surface area contributed by atoms with E-state index >= 15 is 0 Å². The molecule has 2 aromatic heterocycles. The second-order valence-electron chi connectivity index (χ2n) is 7.25. The Morgan fingerprint density at radius 3 is 2.67 bits per heavy atom. The SMILES string of the molecule is CCOC(=O)c1cccc(NC(=O)Cn2cnc3sc(C)c(-c4ccc(Br)cc4)c3c2=O)c1. The van der Waals surface area contributed by atoms with E-state index in [0.717, 1.165) is 20.5 Å². The van der Waals surface area contributed by atoms with E-state index in [9.17, 15) is 14.4 Å². The van der Waals surface area contributed by atoms with Crippen LogP contribution < -0.4 is 10.9 Å². The Balaban J connectivity index is 1.61. The summed E-state index contributed by atoms with van der Waals surface area (Å²) in [5.41, 5.74) is 2.24. The number of carbonyl (C=O) groups excluding carboxylic acids is 2. The van der Waals surface area contributed by atoms with Gasteiger partial charge in [-0.2, -0.15) is 0 Å². The van der Waals surface area contributed by atoms with E-state index in [1.54, 1.807) is 25.1 Å². The van der Waals surface area contributed by atoms with E-state index in [1.165, 1.54) is 28.3 Å². The van der Waals surface area contributed by atoms with Crippen molar-refractivity contribution in [3.05, 3.63) is 80.1 Å². The van der Waals surface area contributed by atoms with Gasteiger partial charge in [-0.3, -0.25) is 14.2 Å². The number of nitrogens with one attached hydrogen (secondary N) is 1. The van der Waals surface area contributed by atoms with Gasteiger partial charge in [0, 0.05) is 20.6 Å². The quantitative estimate of drug-likeness (QED) is 0.357. The summed E-state index contributed by atoms with van der Waals surface area (Å²) in [5, 5.41) is 3.22. The summed E-state index contributed by atoms with van der Waals surface area (Å²) >= 11 is 4.88. The smallest absolute Gasteiger partial charge is 0.338 e. The summed E-state index contributed by atoms with van der Waals surface area (Å²) in [7, 11) is 0. The van der Waals surface area contributed by atoms with Crippen LogP contribution in [0.25, 0.3) is 21.3 Å². The van der Waals surface area contributed by atoms with Crippen LogP contribution in [0.2, 0.25) is 0 Å². The van der Waals surface area contributed by atoms with Crippen molar-refractivity contribution in [3.8, 4) is 11.1 Å². The number of esters is 1. The Bertz CT molecular complexity index is 1410. The molecule has 0 aliphatic rings. The van der Waals surface area contributed by atoms with Crippen LogP contribution >= 0.6 is 27.3 Å². The number of hydrogen-bond donors (Lipinski definition) is 1. The number of amides is 1. The minimum atomic E-state index is -0.465. The average Bonchev–Trinajstić information content (AvgIpc) is 3.13. The lowest BCUT2D eigenvalue weighted by Gasteiger charge is -2.09. The molecule has 4 rings (SSSR count). The summed E-state index contributed by atoms with van der Waals surface area (Å²) in [4.78, 5) is 43.9. The first-order valence-corrected chi connectivity index (χ1v) is 11.8. The molecule has 0 unspecified atom stereocenters. The molecule has 1 N–H and O–H groups in total. The highest BCUT2D eigenvalue weighted by molar-refractivity contribution is 9.10. The zero-order valence-corrected chi connectivity index (χ0v) is 20.3. The summed E-state index contributed by atoms with van der Waals surface area (Å²) in [6, 6.07) is 14.2. The summed E-state index contributed by atoms with van der Waals surface area (Å²) < 4.78 is 7.23. The molecular weight excluding hydrogens is 506 g/mol. The van der Waals surface area contributed by atoms with Gasteiger partial charge in [0.2, 0.25) is 5.91 Å². The number of nitrogens with zero attached hydrogens (tertiary/aromatic N) is 2. The van der Waals surface area contributed by atoms with Gasteiger partial charge in [-0.15, -0.1) is 11.3 Å². The minimum absolute atomic E-state index is 0.208. The standard InChI is InChI=1S/C24H20BrN3O4S/c1-3-32-24(31)16-5-4-6-18(11-16)27-19(29)12-28-13-26-22-21(23(28)30)20(14(2)33-22)15-7-9-17(25)10-8-15/h4-11,13H,3,12H2,1-2H3,(H,27,29). The van der Waals surface area contributed by atoms with E-state index in [4.69, 9.17) is 4.74 Å². The van der Waals surface area contributed by atoms with Gasteiger partial charge in [0.1, 0.15) is 11.4 Å². The van der Waals surface area contributed by atoms with Gasteiger partial charge in [-0.25, -0.2) is 9.78 Å². The van der Waals surface area contributed by atoms with Gasteiger partial charge >= 0.3 is 5.97 Å². The van der Waals surface area contributed by atoms with Crippen LogP contribution in [0, 0.1) is 6.92 Å². The van der Waals surface area contributed by atoms with E-state index in [1.807, 2.05) is 31.2 Å². The molecule has 0 atom stereocenters. The number of rotatable bonds is 6. The number of fused-ring (bicyclic) bond motifs is 1. The topological polar surface area (TPSA) is 90.3 Å². The summed E-state index contributed by atoms with van der Waals surface area (Å²) in [6.45, 7) is 3.73. The van der Waals surface area contributed by atoms with Crippen LogP contribution in [0.4, 0.5) is 5.69 Å². The number of aromatic nitrogens is 2. The van der Waals surface area contributed by atoms with E-state index in [-0.39, 0.29) is 18.7 Å². The third-order valence-corrected chi connectivity index (χ3v) is 6.50. The highest BCUT2D eigenvalue weighted by Crippen LogP contribution is 2.35. The lowest BCUT2D eigenvalue weighted by molar-refractivity contribution is -0.116. The zero-order chi connectivity index (χ0) is 23.5. The second-order valence-corrected chi connectivity index (χ2v) is 9.37. The van der Waals surface area contributed by atoms with Crippen molar-refractivity contribution in [3.63, 3.8) is 0 Å². The summed E-state index contributed by atoms with van der Waals surface area (Å²) in [5.74, 6) is -0.871. The van der Waals surface area contributed by atoms with Gasteiger partial charge in [0.15, 0.2) is 0 Å². The van der Waals surface area contributed by atoms with Crippen LogP contribution in [-0.2, 0) is 16.1 Å². The third-order valence-electron chi connectivity index (χ3n) is 4.96. The molecular formula is C24H20BrN3O4S. The molecule has 33 heavy (non-hydrogen) atoms. The van der Waals surface area contributed by atoms with Crippen LogP contribution in [0.5, 0.6) is 0 Å². The highest BCUT2D eigenvalue weighted by Gasteiger charge is 2.18.